The number of likely N-dealkylation sites (tertiary alicyclic amines) is 1. The number of ether oxygens (including phenoxy) is 1. The fourth-order valence-electron chi connectivity index (χ4n) is 4.79. The number of aromatic nitrogens is 2. The Kier molecular flexibility index (Phi) is 3.94. The van der Waals surface area contributed by atoms with E-state index in [2.05, 4.69) is 45.4 Å². The summed E-state index contributed by atoms with van der Waals surface area (Å²) in [6.07, 6.45) is 7.53. The van der Waals surface area contributed by atoms with Crippen molar-refractivity contribution in [1.82, 2.24) is 15.0 Å². The molecule has 0 N–H and O–H groups in total. The second kappa shape index (κ2) is 6.32. The van der Waals surface area contributed by atoms with E-state index in [9.17, 15) is 0 Å². The second-order valence-corrected chi connectivity index (χ2v) is 7.84. The van der Waals surface area contributed by atoms with Crippen LogP contribution in [0.15, 0.2) is 34.9 Å². The van der Waals surface area contributed by atoms with E-state index in [1.807, 2.05) is 6.92 Å². The molecule has 5 rings (SSSR count). The molecule has 1 aromatic carbocycles. The average Bonchev–Trinajstić information content (AvgIpc) is 3.38. The highest BCUT2D eigenvalue weighted by molar-refractivity contribution is 5.83. The van der Waals surface area contributed by atoms with Gasteiger partial charge >= 0.3 is 0 Å². The average molecular weight is 351 g/mol. The number of benzene rings is 1. The van der Waals surface area contributed by atoms with Gasteiger partial charge in [0.15, 0.2) is 5.82 Å². The Bertz CT molecular complexity index is 827. The van der Waals surface area contributed by atoms with Crippen LogP contribution in [0.2, 0.25) is 0 Å². The van der Waals surface area contributed by atoms with Crippen LogP contribution in [-0.4, -0.2) is 47.4 Å². The van der Waals surface area contributed by atoms with Crippen LogP contribution in [0.25, 0.3) is 5.57 Å². The van der Waals surface area contributed by atoms with Gasteiger partial charge in [0.2, 0.25) is 0 Å². The smallest absolute Gasteiger partial charge is 0.258 e. The lowest BCUT2D eigenvalue weighted by atomic mass is 9.74. The Labute approximate surface area is 154 Å². The molecular weight excluding hydrogens is 326 g/mol. The molecule has 0 saturated carbocycles. The van der Waals surface area contributed by atoms with Crippen molar-refractivity contribution >= 4 is 5.57 Å². The summed E-state index contributed by atoms with van der Waals surface area (Å²) >= 11 is 0. The monoisotopic (exact) mass is 351 g/mol. The van der Waals surface area contributed by atoms with Gasteiger partial charge in [-0.15, -0.1) is 0 Å². The lowest BCUT2D eigenvalue weighted by Gasteiger charge is -2.40. The first kappa shape index (κ1) is 16.2. The van der Waals surface area contributed by atoms with E-state index in [1.54, 1.807) is 0 Å². The molecule has 0 radical (unpaired) electrons. The molecule has 1 unspecified atom stereocenters. The number of nitrogens with zero attached hydrogens (tertiary/aromatic N) is 3. The van der Waals surface area contributed by atoms with Crippen LogP contribution in [0.3, 0.4) is 0 Å². The molecule has 1 atom stereocenters. The van der Waals surface area contributed by atoms with Crippen molar-refractivity contribution < 1.29 is 9.26 Å². The largest absolute Gasteiger partial charge is 0.377 e. The van der Waals surface area contributed by atoms with Gasteiger partial charge in [-0.25, -0.2) is 0 Å². The molecule has 5 heteroatoms. The fourth-order valence-corrected chi connectivity index (χ4v) is 4.79. The maximum absolute atomic E-state index is 5.82. The zero-order chi connectivity index (χ0) is 17.6. The van der Waals surface area contributed by atoms with Crippen LogP contribution < -0.4 is 0 Å². The molecule has 1 spiro atoms. The van der Waals surface area contributed by atoms with Gasteiger partial charge < -0.3 is 14.2 Å². The Hall–Kier alpha value is -1.98. The third-order valence-electron chi connectivity index (χ3n) is 6.17. The first-order valence-electron chi connectivity index (χ1n) is 9.71. The molecule has 3 heterocycles. The summed E-state index contributed by atoms with van der Waals surface area (Å²) in [6, 6.07) is 8.71. The Morgan fingerprint density at radius 3 is 2.81 bits per heavy atom. The first-order chi connectivity index (χ1) is 12.7. The summed E-state index contributed by atoms with van der Waals surface area (Å²) < 4.78 is 11.3. The lowest BCUT2D eigenvalue weighted by molar-refractivity contribution is 0.0597. The van der Waals surface area contributed by atoms with Gasteiger partial charge in [-0.2, -0.15) is 4.98 Å². The molecular formula is C21H25N3O2. The highest BCUT2D eigenvalue weighted by atomic mass is 16.5. The number of rotatable bonds is 3. The topological polar surface area (TPSA) is 51.4 Å². The number of aryl methyl sites for hydroxylation is 1. The van der Waals surface area contributed by atoms with Gasteiger partial charge in [0.1, 0.15) is 0 Å². The highest BCUT2D eigenvalue weighted by Gasteiger charge is 2.42. The van der Waals surface area contributed by atoms with E-state index in [0.29, 0.717) is 17.8 Å². The second-order valence-electron chi connectivity index (χ2n) is 7.84. The van der Waals surface area contributed by atoms with Gasteiger partial charge in [0, 0.05) is 24.1 Å². The predicted octanol–water partition coefficient (Wildman–Crippen LogP) is 3.34. The molecule has 2 aliphatic heterocycles. The van der Waals surface area contributed by atoms with E-state index in [1.165, 1.54) is 24.0 Å². The van der Waals surface area contributed by atoms with Gasteiger partial charge in [-0.1, -0.05) is 35.5 Å². The number of allylic oxidation sites excluding steroid dienone is 1. The molecule has 136 valence electrons. The van der Waals surface area contributed by atoms with Crippen molar-refractivity contribution in [2.45, 2.75) is 44.1 Å². The molecule has 5 nitrogen and oxygen atoms in total. The minimum Gasteiger partial charge on any atom is -0.377 e. The predicted molar refractivity (Wildman–Crippen MR) is 98.9 cm³/mol. The number of hydrogen-bond donors (Lipinski definition) is 0. The summed E-state index contributed by atoms with van der Waals surface area (Å²) in [5.41, 5.74) is 3.88. The van der Waals surface area contributed by atoms with Crippen LogP contribution in [0.1, 0.15) is 48.5 Å². The maximum atomic E-state index is 5.82. The Balaban J connectivity index is 1.41. The number of fused-ring (bicyclic) bond motifs is 2. The number of piperidine rings is 1. The van der Waals surface area contributed by atoms with Crippen LogP contribution in [0.4, 0.5) is 0 Å². The lowest BCUT2D eigenvalue weighted by Crippen LogP contribution is -2.43. The van der Waals surface area contributed by atoms with Crippen LogP contribution in [0.5, 0.6) is 0 Å². The summed E-state index contributed by atoms with van der Waals surface area (Å²) in [5.74, 6) is 1.33. The minimum atomic E-state index is 0.0985. The maximum Gasteiger partial charge on any atom is 0.258 e. The third-order valence-corrected chi connectivity index (χ3v) is 6.17. The number of hydrogen-bond acceptors (Lipinski definition) is 5. The van der Waals surface area contributed by atoms with E-state index < -0.39 is 0 Å². The van der Waals surface area contributed by atoms with Crippen LogP contribution in [-0.2, 0) is 10.2 Å². The normalized spacial score (nSPS) is 24.8. The van der Waals surface area contributed by atoms with Crippen LogP contribution >= 0.6 is 0 Å². The standard InChI is InChI=1S/C21H25N3O2/c1-15-22-20(26-23-15)18-13-21(19-7-3-2-6-17(18)19)8-10-24(11-9-21)14-16-5-4-12-25-16/h2-3,6-7,13,16H,4-5,8-12,14H2,1H3. The molecule has 2 saturated heterocycles. The Morgan fingerprint density at radius 2 is 2.08 bits per heavy atom. The summed E-state index contributed by atoms with van der Waals surface area (Å²) in [7, 11) is 0. The zero-order valence-corrected chi connectivity index (χ0v) is 15.3. The summed E-state index contributed by atoms with van der Waals surface area (Å²) in [4.78, 5) is 7.06. The Morgan fingerprint density at radius 1 is 1.23 bits per heavy atom. The van der Waals surface area contributed by atoms with Crippen molar-refractivity contribution in [3.8, 4) is 0 Å². The van der Waals surface area contributed by atoms with Crippen molar-refractivity contribution in [2.24, 2.45) is 0 Å². The van der Waals surface area contributed by atoms with Gasteiger partial charge in [0.25, 0.3) is 5.89 Å². The van der Waals surface area contributed by atoms with Gasteiger partial charge in [-0.3, -0.25) is 0 Å². The molecule has 1 aliphatic carbocycles. The van der Waals surface area contributed by atoms with E-state index in [0.717, 1.165) is 44.7 Å². The van der Waals surface area contributed by atoms with Crippen molar-refractivity contribution in [3.05, 3.63) is 53.2 Å². The molecule has 2 fully saturated rings. The van der Waals surface area contributed by atoms with Crippen LogP contribution in [0, 0.1) is 6.92 Å². The van der Waals surface area contributed by atoms with Crippen molar-refractivity contribution in [3.63, 3.8) is 0 Å². The van der Waals surface area contributed by atoms with Crippen molar-refractivity contribution in [2.75, 3.05) is 26.2 Å². The zero-order valence-electron chi connectivity index (χ0n) is 15.3. The summed E-state index contributed by atoms with van der Waals surface area (Å²) in [6.45, 7) is 6.11. The molecule has 0 amide bonds. The molecule has 2 aromatic rings. The fraction of sp³-hybridized carbons (Fsp3) is 0.524. The van der Waals surface area contributed by atoms with E-state index in [4.69, 9.17) is 9.26 Å². The van der Waals surface area contributed by atoms with Gasteiger partial charge in [0.05, 0.1) is 6.10 Å². The molecule has 0 bridgehead atoms. The minimum absolute atomic E-state index is 0.0985. The molecule has 26 heavy (non-hydrogen) atoms. The quantitative estimate of drug-likeness (QED) is 0.849. The van der Waals surface area contributed by atoms with E-state index >= 15 is 0 Å². The van der Waals surface area contributed by atoms with E-state index in [-0.39, 0.29) is 5.41 Å². The first-order valence-corrected chi connectivity index (χ1v) is 9.71. The highest BCUT2D eigenvalue weighted by Crippen LogP contribution is 2.48. The third kappa shape index (κ3) is 2.70. The molecule has 3 aliphatic rings. The van der Waals surface area contributed by atoms with Gasteiger partial charge in [-0.05, 0) is 56.8 Å². The van der Waals surface area contributed by atoms with Crippen molar-refractivity contribution in [1.29, 1.82) is 0 Å². The SMILES string of the molecule is Cc1noc(C2=CC3(CCN(CC4CCCO4)CC3)c3ccccc32)n1. The molecule has 1 aromatic heterocycles. The summed E-state index contributed by atoms with van der Waals surface area (Å²) in [5, 5.41) is 3.99.